The number of carbonyl (C=O) groups is 1. The van der Waals surface area contributed by atoms with Crippen LogP contribution in [0, 0.1) is 0 Å². The third-order valence-electron chi connectivity index (χ3n) is 3.52. The smallest absolute Gasteiger partial charge is 0.380 e. The molecule has 0 bridgehead atoms. The minimum Gasteiger partial charge on any atom is -0.380 e. The van der Waals surface area contributed by atoms with Crippen molar-refractivity contribution < 1.29 is 23.1 Å². The number of hydrogen-bond donors (Lipinski definition) is 2. The molecule has 0 aromatic carbocycles. The Bertz CT molecular complexity index is 510. The molecule has 0 radical (unpaired) electrons. The van der Waals surface area contributed by atoms with E-state index in [1.807, 2.05) is 6.92 Å². The van der Waals surface area contributed by atoms with Gasteiger partial charge in [0, 0.05) is 37.0 Å². The van der Waals surface area contributed by atoms with Crippen LogP contribution in [-0.4, -0.2) is 45.9 Å². The van der Waals surface area contributed by atoms with E-state index in [1.165, 1.54) is 16.2 Å². The molecule has 2 heterocycles. The molecule has 9 heteroatoms. The Morgan fingerprint density at radius 1 is 1.52 bits per heavy atom. The predicted molar refractivity (Wildman–Crippen MR) is 72.3 cm³/mol. The second-order valence-corrected chi connectivity index (χ2v) is 6.05. The zero-order valence-corrected chi connectivity index (χ0v) is 12.2. The number of nitrogens with one attached hydrogen (secondary N) is 1. The number of nitrogens with zero attached hydrogens (tertiary/aromatic N) is 2. The summed E-state index contributed by atoms with van der Waals surface area (Å²) < 4.78 is 38.0. The maximum Gasteiger partial charge on any atom is 0.417 e. The van der Waals surface area contributed by atoms with Crippen molar-refractivity contribution in [3.05, 3.63) is 11.1 Å². The van der Waals surface area contributed by atoms with Gasteiger partial charge in [0.25, 0.3) is 0 Å². The second kappa shape index (κ2) is 5.80. The van der Waals surface area contributed by atoms with Crippen LogP contribution in [0.2, 0.25) is 0 Å². The van der Waals surface area contributed by atoms with E-state index in [0.717, 1.165) is 11.3 Å². The molecule has 1 aliphatic rings. The molecule has 21 heavy (non-hydrogen) atoms. The van der Waals surface area contributed by atoms with E-state index in [1.54, 1.807) is 6.20 Å². The molecule has 1 fully saturated rings. The monoisotopic (exact) mass is 323 g/mol. The number of rotatable bonds is 2. The van der Waals surface area contributed by atoms with Gasteiger partial charge in [-0.2, -0.15) is 13.2 Å². The van der Waals surface area contributed by atoms with E-state index in [-0.39, 0.29) is 13.1 Å². The Morgan fingerprint density at radius 3 is 2.62 bits per heavy atom. The molecule has 118 valence electrons. The number of hydrogen-bond acceptors (Lipinski definition) is 4. The Balaban J connectivity index is 1.91. The zero-order chi connectivity index (χ0) is 15.7. The van der Waals surface area contributed by atoms with Gasteiger partial charge < -0.3 is 10.0 Å². The highest BCUT2D eigenvalue weighted by atomic mass is 32.1. The first-order chi connectivity index (χ1) is 9.75. The molecule has 0 aliphatic carbocycles. The number of urea groups is 1. The topological polar surface area (TPSA) is 65.5 Å². The lowest BCUT2D eigenvalue weighted by Crippen LogP contribution is -2.55. The van der Waals surface area contributed by atoms with Gasteiger partial charge in [-0.15, -0.1) is 11.3 Å². The molecule has 0 atom stereocenters. The van der Waals surface area contributed by atoms with Crippen molar-refractivity contribution in [2.24, 2.45) is 0 Å². The van der Waals surface area contributed by atoms with Crippen molar-refractivity contribution in [2.45, 2.75) is 38.0 Å². The minimum atomic E-state index is -4.67. The van der Waals surface area contributed by atoms with Crippen LogP contribution in [0.5, 0.6) is 0 Å². The van der Waals surface area contributed by atoms with Crippen molar-refractivity contribution in [1.29, 1.82) is 0 Å². The number of aromatic nitrogens is 1. The number of thiazole rings is 1. The van der Waals surface area contributed by atoms with E-state index in [2.05, 4.69) is 10.3 Å². The first-order valence-electron chi connectivity index (χ1n) is 6.55. The van der Waals surface area contributed by atoms with Crippen LogP contribution >= 0.6 is 11.3 Å². The molecular formula is C12H16F3N3O2S. The van der Waals surface area contributed by atoms with Gasteiger partial charge in [-0.25, -0.2) is 9.78 Å². The summed E-state index contributed by atoms with van der Waals surface area (Å²) in [7, 11) is 0. The van der Waals surface area contributed by atoms with Crippen molar-refractivity contribution in [2.75, 3.05) is 18.4 Å². The number of halogens is 3. The normalized spacial score (nSPS) is 18.6. The van der Waals surface area contributed by atoms with Gasteiger partial charge in [0.2, 0.25) is 0 Å². The fourth-order valence-electron chi connectivity index (χ4n) is 2.06. The largest absolute Gasteiger partial charge is 0.417 e. The van der Waals surface area contributed by atoms with Crippen LogP contribution in [0.25, 0.3) is 0 Å². The number of likely N-dealkylation sites (tertiary alicyclic amines) is 1. The summed E-state index contributed by atoms with van der Waals surface area (Å²) in [6.07, 6.45) is -3.24. The van der Waals surface area contributed by atoms with Crippen LogP contribution < -0.4 is 5.32 Å². The van der Waals surface area contributed by atoms with Crippen LogP contribution in [0.1, 0.15) is 24.6 Å². The van der Waals surface area contributed by atoms with Crippen molar-refractivity contribution >= 4 is 22.5 Å². The van der Waals surface area contributed by atoms with Crippen LogP contribution in [-0.2, 0) is 6.42 Å². The number of amides is 2. The van der Waals surface area contributed by atoms with E-state index >= 15 is 0 Å². The summed E-state index contributed by atoms with van der Waals surface area (Å²) in [5.41, 5.74) is -2.69. The second-order valence-electron chi connectivity index (χ2n) is 4.93. The van der Waals surface area contributed by atoms with Gasteiger partial charge >= 0.3 is 12.2 Å². The molecular weight excluding hydrogens is 307 g/mol. The number of piperidine rings is 1. The lowest BCUT2D eigenvalue weighted by molar-refractivity contribution is -0.271. The quantitative estimate of drug-likeness (QED) is 0.879. The van der Waals surface area contributed by atoms with Crippen LogP contribution in [0.4, 0.5) is 23.1 Å². The zero-order valence-electron chi connectivity index (χ0n) is 11.4. The summed E-state index contributed by atoms with van der Waals surface area (Å²) in [5, 5.41) is 12.5. The summed E-state index contributed by atoms with van der Waals surface area (Å²) in [6.45, 7) is 1.67. The molecule has 1 aromatic rings. The minimum absolute atomic E-state index is 0.145. The molecule has 1 aromatic heterocycles. The Kier molecular flexibility index (Phi) is 4.43. The fourth-order valence-corrected chi connectivity index (χ4v) is 2.80. The molecule has 2 rings (SSSR count). The summed E-state index contributed by atoms with van der Waals surface area (Å²) in [6, 6.07) is -0.490. The van der Waals surface area contributed by atoms with Crippen molar-refractivity contribution in [3.63, 3.8) is 0 Å². The summed E-state index contributed by atoms with van der Waals surface area (Å²) in [4.78, 5) is 18.2. The molecule has 2 amide bonds. The van der Waals surface area contributed by atoms with Gasteiger partial charge in [-0.1, -0.05) is 6.92 Å². The summed E-state index contributed by atoms with van der Waals surface area (Å²) in [5.74, 6) is 0. The lowest BCUT2D eigenvalue weighted by atomic mass is 9.91. The third kappa shape index (κ3) is 3.46. The highest BCUT2D eigenvalue weighted by Crippen LogP contribution is 2.38. The average molecular weight is 323 g/mol. The highest BCUT2D eigenvalue weighted by Gasteiger charge is 2.54. The van der Waals surface area contributed by atoms with Gasteiger partial charge in [-0.05, 0) is 6.42 Å². The van der Waals surface area contributed by atoms with E-state index in [9.17, 15) is 23.1 Å². The molecule has 5 nitrogen and oxygen atoms in total. The van der Waals surface area contributed by atoms with E-state index in [4.69, 9.17) is 0 Å². The Hall–Kier alpha value is -1.35. The standard InChI is InChI=1S/C12H16F3N3O2S/c1-2-8-7-16-9(21-8)17-10(19)18-5-3-11(20,4-6-18)12(13,14)15/h7,20H,2-6H2,1H3,(H,16,17,19). The lowest BCUT2D eigenvalue weighted by Gasteiger charge is -2.38. The molecule has 0 spiro atoms. The number of aryl methyl sites for hydroxylation is 1. The summed E-state index contributed by atoms with van der Waals surface area (Å²) >= 11 is 1.33. The maximum atomic E-state index is 12.7. The predicted octanol–water partition coefficient (Wildman–Crippen LogP) is 2.63. The first kappa shape index (κ1) is 16.0. The molecule has 0 saturated carbocycles. The number of carbonyl (C=O) groups excluding carboxylic acids is 1. The van der Waals surface area contributed by atoms with E-state index < -0.39 is 30.7 Å². The van der Waals surface area contributed by atoms with Crippen molar-refractivity contribution in [3.8, 4) is 0 Å². The van der Waals surface area contributed by atoms with Gasteiger partial charge in [-0.3, -0.25) is 5.32 Å². The number of alkyl halides is 3. The number of anilines is 1. The molecule has 1 aliphatic heterocycles. The van der Waals surface area contributed by atoms with Crippen molar-refractivity contribution in [1.82, 2.24) is 9.88 Å². The molecule has 0 unspecified atom stereocenters. The van der Waals surface area contributed by atoms with Gasteiger partial charge in [0.1, 0.15) is 0 Å². The first-order valence-corrected chi connectivity index (χ1v) is 7.36. The van der Waals surface area contributed by atoms with Gasteiger partial charge in [0.05, 0.1) is 0 Å². The van der Waals surface area contributed by atoms with Gasteiger partial charge in [0.15, 0.2) is 10.7 Å². The maximum absolute atomic E-state index is 12.7. The fraction of sp³-hybridized carbons (Fsp3) is 0.667. The molecule has 1 saturated heterocycles. The average Bonchev–Trinajstić information content (AvgIpc) is 2.86. The Morgan fingerprint density at radius 2 is 2.14 bits per heavy atom. The number of aliphatic hydroxyl groups is 1. The van der Waals surface area contributed by atoms with Crippen LogP contribution in [0.3, 0.4) is 0 Å². The molecule has 2 N–H and O–H groups in total. The van der Waals surface area contributed by atoms with E-state index in [0.29, 0.717) is 5.13 Å². The highest BCUT2D eigenvalue weighted by molar-refractivity contribution is 7.15. The third-order valence-corrected chi connectivity index (χ3v) is 4.58. The Labute approximate surface area is 123 Å². The SMILES string of the molecule is CCc1cnc(NC(=O)N2CCC(O)(C(F)(F)F)CC2)s1. The van der Waals surface area contributed by atoms with Crippen LogP contribution in [0.15, 0.2) is 6.20 Å².